The highest BCUT2D eigenvalue weighted by molar-refractivity contribution is 6.04. The molecule has 1 N–H and O–H groups in total. The van der Waals surface area contributed by atoms with Crippen molar-refractivity contribution >= 4 is 11.6 Å². The molecule has 1 saturated heterocycles. The van der Waals surface area contributed by atoms with Gasteiger partial charge in [-0.2, -0.15) is 0 Å². The smallest absolute Gasteiger partial charge is 0.259 e. The second kappa shape index (κ2) is 9.87. The van der Waals surface area contributed by atoms with Crippen molar-refractivity contribution in [1.82, 2.24) is 14.9 Å². The molecule has 0 spiro atoms. The van der Waals surface area contributed by atoms with Gasteiger partial charge in [0.05, 0.1) is 30.1 Å². The number of benzene rings is 2. The SMILES string of the molecule is COc1ccc(CN2CCCCC2c2ncc(C(=O)Nc3ccccc3F)c(C)n2)cc1. The number of hydrogen-bond acceptors (Lipinski definition) is 5. The minimum Gasteiger partial charge on any atom is -0.497 e. The minimum atomic E-state index is -0.479. The van der Waals surface area contributed by atoms with Crippen LogP contribution >= 0.6 is 0 Å². The number of likely N-dealkylation sites (tertiary alicyclic amines) is 1. The van der Waals surface area contributed by atoms with E-state index < -0.39 is 11.7 Å². The van der Waals surface area contributed by atoms with E-state index >= 15 is 0 Å². The van der Waals surface area contributed by atoms with Crippen molar-refractivity contribution in [2.75, 3.05) is 19.0 Å². The van der Waals surface area contributed by atoms with Crippen molar-refractivity contribution < 1.29 is 13.9 Å². The Kier molecular flexibility index (Phi) is 6.75. The highest BCUT2D eigenvalue weighted by Crippen LogP contribution is 2.31. The number of piperidine rings is 1. The van der Waals surface area contributed by atoms with Crippen LogP contribution in [0.4, 0.5) is 10.1 Å². The summed E-state index contributed by atoms with van der Waals surface area (Å²) in [6, 6.07) is 14.3. The van der Waals surface area contributed by atoms with Gasteiger partial charge in [0.15, 0.2) is 0 Å². The molecular formula is C25H27FN4O2. The summed E-state index contributed by atoms with van der Waals surface area (Å²) in [5.74, 6) is 0.663. The molecule has 32 heavy (non-hydrogen) atoms. The lowest BCUT2D eigenvalue weighted by atomic mass is 10.00. The first kappa shape index (κ1) is 21.9. The van der Waals surface area contributed by atoms with Crippen LogP contribution in [0.15, 0.2) is 54.7 Å². The molecule has 166 valence electrons. The number of halogens is 1. The summed E-state index contributed by atoms with van der Waals surface area (Å²) >= 11 is 0. The Morgan fingerprint density at radius 2 is 1.97 bits per heavy atom. The van der Waals surface area contributed by atoms with E-state index in [1.54, 1.807) is 32.4 Å². The summed E-state index contributed by atoms with van der Waals surface area (Å²) in [6.07, 6.45) is 4.76. The third-order valence-corrected chi connectivity index (χ3v) is 5.82. The summed E-state index contributed by atoms with van der Waals surface area (Å²) in [7, 11) is 1.66. The molecule has 6 nitrogen and oxygen atoms in total. The average molecular weight is 435 g/mol. The molecule has 7 heteroatoms. The van der Waals surface area contributed by atoms with Crippen molar-refractivity contribution in [1.29, 1.82) is 0 Å². The van der Waals surface area contributed by atoms with Crippen molar-refractivity contribution in [3.63, 3.8) is 0 Å². The molecule has 1 aliphatic heterocycles. The van der Waals surface area contributed by atoms with Crippen molar-refractivity contribution in [2.45, 2.75) is 38.8 Å². The number of ether oxygens (including phenoxy) is 1. The lowest BCUT2D eigenvalue weighted by Crippen LogP contribution is -2.34. The second-order valence-corrected chi connectivity index (χ2v) is 7.99. The van der Waals surface area contributed by atoms with Crippen molar-refractivity contribution in [3.8, 4) is 5.75 Å². The third-order valence-electron chi connectivity index (χ3n) is 5.82. The van der Waals surface area contributed by atoms with Gasteiger partial charge in [-0.05, 0) is 56.1 Å². The Bertz CT molecular complexity index is 1090. The van der Waals surface area contributed by atoms with E-state index in [4.69, 9.17) is 4.74 Å². The molecule has 3 aromatic rings. The molecule has 2 aromatic carbocycles. The maximum atomic E-state index is 13.9. The van der Waals surface area contributed by atoms with Crippen LogP contribution in [0, 0.1) is 12.7 Å². The minimum absolute atomic E-state index is 0.0910. The van der Waals surface area contributed by atoms with Crippen LogP contribution in [-0.4, -0.2) is 34.4 Å². The Labute approximate surface area is 187 Å². The number of aryl methyl sites for hydroxylation is 1. The Morgan fingerprint density at radius 1 is 1.19 bits per heavy atom. The van der Waals surface area contributed by atoms with Crippen molar-refractivity contribution in [3.05, 3.63) is 83.2 Å². The monoisotopic (exact) mass is 434 g/mol. The number of carbonyl (C=O) groups excluding carboxylic acids is 1. The molecule has 1 aliphatic rings. The number of para-hydroxylation sites is 1. The van der Waals surface area contributed by atoms with Gasteiger partial charge in [-0.3, -0.25) is 9.69 Å². The van der Waals surface area contributed by atoms with E-state index in [0.29, 0.717) is 11.3 Å². The second-order valence-electron chi connectivity index (χ2n) is 7.99. The molecular weight excluding hydrogens is 407 g/mol. The zero-order chi connectivity index (χ0) is 22.5. The number of amides is 1. The van der Waals surface area contributed by atoms with Gasteiger partial charge in [0.2, 0.25) is 0 Å². The summed E-state index contributed by atoms with van der Waals surface area (Å²) in [5.41, 5.74) is 2.27. The van der Waals surface area contributed by atoms with Gasteiger partial charge in [-0.25, -0.2) is 14.4 Å². The fourth-order valence-electron chi connectivity index (χ4n) is 4.06. The summed E-state index contributed by atoms with van der Waals surface area (Å²) in [6.45, 7) is 3.55. The molecule has 1 atom stereocenters. The van der Waals surface area contributed by atoms with Crippen molar-refractivity contribution in [2.24, 2.45) is 0 Å². The molecule has 0 aliphatic carbocycles. The molecule has 1 unspecified atom stereocenters. The van der Waals surface area contributed by atoms with Crippen LogP contribution < -0.4 is 10.1 Å². The lowest BCUT2D eigenvalue weighted by molar-refractivity contribution is 0.102. The van der Waals surface area contributed by atoms with E-state index in [9.17, 15) is 9.18 Å². The molecule has 1 aromatic heterocycles. The summed E-state index contributed by atoms with van der Waals surface area (Å²) < 4.78 is 19.1. The van der Waals surface area contributed by atoms with Gasteiger partial charge >= 0.3 is 0 Å². The number of hydrogen-bond donors (Lipinski definition) is 1. The zero-order valence-corrected chi connectivity index (χ0v) is 18.3. The number of anilines is 1. The van der Waals surface area contributed by atoms with Crippen LogP contribution in [0.1, 0.15) is 52.7 Å². The summed E-state index contributed by atoms with van der Waals surface area (Å²) in [5, 5.41) is 2.60. The predicted octanol–water partition coefficient (Wildman–Crippen LogP) is 4.91. The highest BCUT2D eigenvalue weighted by Gasteiger charge is 2.27. The van der Waals surface area contributed by atoms with Gasteiger partial charge in [-0.15, -0.1) is 0 Å². The summed E-state index contributed by atoms with van der Waals surface area (Å²) in [4.78, 5) is 24.3. The van der Waals surface area contributed by atoms with Crippen LogP contribution in [0.25, 0.3) is 0 Å². The average Bonchev–Trinajstić information content (AvgIpc) is 2.81. The van der Waals surface area contributed by atoms with Crippen LogP contribution in [-0.2, 0) is 6.54 Å². The van der Waals surface area contributed by atoms with Gasteiger partial charge in [0.1, 0.15) is 17.4 Å². The number of rotatable bonds is 6. The first-order chi connectivity index (χ1) is 15.5. The zero-order valence-electron chi connectivity index (χ0n) is 18.3. The number of nitrogens with one attached hydrogen (secondary N) is 1. The molecule has 0 saturated carbocycles. The quantitative estimate of drug-likeness (QED) is 0.597. The predicted molar refractivity (Wildman–Crippen MR) is 121 cm³/mol. The topological polar surface area (TPSA) is 67.3 Å². The molecule has 4 rings (SSSR count). The highest BCUT2D eigenvalue weighted by atomic mass is 19.1. The number of aromatic nitrogens is 2. The lowest BCUT2D eigenvalue weighted by Gasteiger charge is -2.34. The standard InChI is InChI=1S/C25H27FN4O2/c1-17-20(25(31)29-22-8-4-3-7-21(22)26)15-27-24(28-17)23-9-5-6-14-30(23)16-18-10-12-19(32-2)13-11-18/h3-4,7-8,10-13,15,23H,5-6,9,14,16H2,1-2H3,(H,29,31). The molecule has 1 amide bonds. The normalized spacial score (nSPS) is 16.5. The first-order valence-corrected chi connectivity index (χ1v) is 10.8. The van der Waals surface area contributed by atoms with Crippen LogP contribution in [0.2, 0.25) is 0 Å². The van der Waals surface area contributed by atoms with E-state index in [1.165, 1.54) is 17.7 Å². The largest absolute Gasteiger partial charge is 0.497 e. The van der Waals surface area contributed by atoms with E-state index in [2.05, 4.69) is 32.3 Å². The van der Waals surface area contributed by atoms with Crippen LogP contribution in [0.3, 0.4) is 0 Å². The van der Waals surface area contributed by atoms with E-state index in [1.807, 2.05) is 12.1 Å². The van der Waals surface area contributed by atoms with E-state index in [-0.39, 0.29) is 11.7 Å². The number of methoxy groups -OCH3 is 1. The van der Waals surface area contributed by atoms with Gasteiger partial charge in [0, 0.05) is 12.7 Å². The van der Waals surface area contributed by atoms with Gasteiger partial charge in [0.25, 0.3) is 5.91 Å². The number of carbonyl (C=O) groups is 1. The Balaban J connectivity index is 1.50. The fourth-order valence-corrected chi connectivity index (χ4v) is 4.06. The molecule has 1 fully saturated rings. The molecule has 0 radical (unpaired) electrons. The molecule has 2 heterocycles. The Hall–Kier alpha value is -3.32. The van der Waals surface area contributed by atoms with Crippen LogP contribution in [0.5, 0.6) is 5.75 Å². The molecule has 0 bridgehead atoms. The van der Waals surface area contributed by atoms with Gasteiger partial charge < -0.3 is 10.1 Å². The maximum Gasteiger partial charge on any atom is 0.259 e. The maximum absolute atomic E-state index is 13.9. The van der Waals surface area contributed by atoms with E-state index in [0.717, 1.165) is 43.9 Å². The first-order valence-electron chi connectivity index (χ1n) is 10.8. The fraction of sp³-hybridized carbons (Fsp3) is 0.320. The Morgan fingerprint density at radius 3 is 2.69 bits per heavy atom. The number of nitrogens with zero attached hydrogens (tertiary/aromatic N) is 3. The third kappa shape index (κ3) is 4.94. The van der Waals surface area contributed by atoms with Gasteiger partial charge in [-0.1, -0.05) is 30.7 Å².